The largest absolute Gasteiger partial charge is 0.465 e. The Balaban J connectivity index is 1.52. The molecule has 0 N–H and O–H groups in total. The Kier molecular flexibility index (Phi) is 6.85. The number of benzene rings is 2. The van der Waals surface area contributed by atoms with Crippen LogP contribution in [0.5, 0.6) is 5.75 Å². The highest BCUT2D eigenvalue weighted by molar-refractivity contribution is 5.91. The van der Waals surface area contributed by atoms with Gasteiger partial charge in [-0.25, -0.2) is 9.59 Å². The fourth-order valence-corrected chi connectivity index (χ4v) is 3.17. The van der Waals surface area contributed by atoms with Crippen molar-refractivity contribution in [3.05, 3.63) is 65.7 Å². The van der Waals surface area contributed by atoms with Gasteiger partial charge in [0.05, 0.1) is 12.7 Å². The Bertz CT molecular complexity index is 927. The standard InChI is InChI=1S/C23H24N2O5/c1-17(26)24-13-15-25(16-14-24)20-8-10-21(11-9-20)30-22(27)12-5-18-3-6-19(7-4-18)23(28)29-2/h3-12H,13-16H2,1-2H3/b12-5+. The van der Waals surface area contributed by atoms with Gasteiger partial charge in [0.15, 0.2) is 0 Å². The van der Waals surface area contributed by atoms with Crippen LogP contribution in [-0.2, 0) is 14.3 Å². The van der Waals surface area contributed by atoms with Crippen molar-refractivity contribution in [2.45, 2.75) is 6.92 Å². The van der Waals surface area contributed by atoms with E-state index in [2.05, 4.69) is 9.64 Å². The molecule has 7 heteroatoms. The van der Waals surface area contributed by atoms with Gasteiger partial charge in [0.25, 0.3) is 0 Å². The van der Waals surface area contributed by atoms with Crippen molar-refractivity contribution >= 4 is 29.6 Å². The molecular weight excluding hydrogens is 384 g/mol. The van der Waals surface area contributed by atoms with Crippen LogP contribution in [0.1, 0.15) is 22.8 Å². The maximum atomic E-state index is 12.1. The molecule has 1 aliphatic heterocycles. The molecule has 0 atom stereocenters. The molecule has 2 aromatic rings. The van der Waals surface area contributed by atoms with E-state index in [1.165, 1.54) is 13.2 Å². The number of methoxy groups -OCH3 is 1. The summed E-state index contributed by atoms with van der Waals surface area (Å²) >= 11 is 0. The summed E-state index contributed by atoms with van der Waals surface area (Å²) in [5, 5.41) is 0. The van der Waals surface area contributed by atoms with E-state index in [9.17, 15) is 14.4 Å². The third-order valence-electron chi connectivity index (χ3n) is 4.89. The highest BCUT2D eigenvalue weighted by atomic mass is 16.5. The molecule has 0 unspecified atom stereocenters. The maximum absolute atomic E-state index is 12.1. The van der Waals surface area contributed by atoms with Gasteiger partial charge in [-0.3, -0.25) is 4.79 Å². The molecule has 1 saturated heterocycles. The lowest BCUT2D eigenvalue weighted by Crippen LogP contribution is -2.48. The summed E-state index contributed by atoms with van der Waals surface area (Å²) in [4.78, 5) is 38.9. The second-order valence-electron chi connectivity index (χ2n) is 6.86. The van der Waals surface area contributed by atoms with Crippen LogP contribution in [0.25, 0.3) is 6.08 Å². The van der Waals surface area contributed by atoms with E-state index >= 15 is 0 Å². The topological polar surface area (TPSA) is 76.2 Å². The predicted molar refractivity (Wildman–Crippen MR) is 113 cm³/mol. The Morgan fingerprint density at radius 2 is 1.53 bits per heavy atom. The summed E-state index contributed by atoms with van der Waals surface area (Å²) in [5.74, 6) is -0.342. The molecule has 0 spiro atoms. The molecule has 7 nitrogen and oxygen atoms in total. The number of piperazine rings is 1. The van der Waals surface area contributed by atoms with Crippen LogP contribution in [0.4, 0.5) is 5.69 Å². The first-order chi connectivity index (χ1) is 14.5. The summed E-state index contributed by atoms with van der Waals surface area (Å²) < 4.78 is 9.99. The minimum absolute atomic E-state index is 0.101. The first-order valence-corrected chi connectivity index (χ1v) is 9.65. The lowest BCUT2D eigenvalue weighted by molar-refractivity contribution is -0.129. The number of rotatable bonds is 5. The summed E-state index contributed by atoms with van der Waals surface area (Å²) in [6.45, 7) is 4.55. The third kappa shape index (κ3) is 5.47. The minimum Gasteiger partial charge on any atom is -0.465 e. The van der Waals surface area contributed by atoms with Gasteiger partial charge in [0, 0.05) is 44.9 Å². The van der Waals surface area contributed by atoms with E-state index in [-0.39, 0.29) is 5.91 Å². The van der Waals surface area contributed by atoms with Crippen molar-refractivity contribution < 1.29 is 23.9 Å². The van der Waals surface area contributed by atoms with Gasteiger partial charge >= 0.3 is 11.9 Å². The molecule has 0 aliphatic carbocycles. The van der Waals surface area contributed by atoms with Crippen LogP contribution in [0.15, 0.2) is 54.6 Å². The number of amides is 1. The van der Waals surface area contributed by atoms with Crippen molar-refractivity contribution in [3.8, 4) is 5.75 Å². The normalized spacial score (nSPS) is 13.9. The minimum atomic E-state index is -0.491. The van der Waals surface area contributed by atoms with Crippen LogP contribution in [0.3, 0.4) is 0 Å². The van der Waals surface area contributed by atoms with Gasteiger partial charge in [-0.05, 0) is 48.0 Å². The molecule has 1 fully saturated rings. The highest BCUT2D eigenvalue weighted by Gasteiger charge is 2.18. The second-order valence-corrected chi connectivity index (χ2v) is 6.86. The summed E-state index contributed by atoms with van der Waals surface area (Å²) in [7, 11) is 1.33. The number of anilines is 1. The van der Waals surface area contributed by atoms with Crippen molar-refractivity contribution in [1.82, 2.24) is 4.90 Å². The molecule has 0 aromatic heterocycles. The molecule has 1 aliphatic rings. The monoisotopic (exact) mass is 408 g/mol. The molecule has 3 rings (SSSR count). The molecule has 30 heavy (non-hydrogen) atoms. The fourth-order valence-electron chi connectivity index (χ4n) is 3.17. The lowest BCUT2D eigenvalue weighted by Gasteiger charge is -2.35. The molecule has 156 valence electrons. The predicted octanol–water partition coefficient (Wildman–Crippen LogP) is 2.76. The van der Waals surface area contributed by atoms with Gasteiger partial charge in [-0.2, -0.15) is 0 Å². The molecule has 0 radical (unpaired) electrons. The smallest absolute Gasteiger partial charge is 0.337 e. The fraction of sp³-hybridized carbons (Fsp3) is 0.261. The van der Waals surface area contributed by atoms with Crippen molar-refractivity contribution in [1.29, 1.82) is 0 Å². The Morgan fingerprint density at radius 1 is 0.900 bits per heavy atom. The van der Waals surface area contributed by atoms with Gasteiger partial charge in [-0.1, -0.05) is 12.1 Å². The van der Waals surface area contributed by atoms with Gasteiger partial charge < -0.3 is 19.3 Å². The quantitative estimate of drug-likeness (QED) is 0.430. The number of carbonyl (C=O) groups is 3. The van der Waals surface area contributed by atoms with E-state index < -0.39 is 11.9 Å². The first kappa shape index (κ1) is 21.1. The van der Waals surface area contributed by atoms with Crippen LogP contribution in [-0.4, -0.2) is 56.0 Å². The van der Waals surface area contributed by atoms with Crippen LogP contribution in [0, 0.1) is 0 Å². The zero-order valence-corrected chi connectivity index (χ0v) is 17.0. The van der Waals surface area contributed by atoms with Crippen molar-refractivity contribution in [2.24, 2.45) is 0 Å². The zero-order valence-electron chi connectivity index (χ0n) is 17.0. The summed E-state index contributed by atoms with van der Waals surface area (Å²) in [6.07, 6.45) is 2.95. The number of hydrogen-bond donors (Lipinski definition) is 0. The molecule has 2 aromatic carbocycles. The molecule has 1 amide bonds. The Labute approximate surface area is 175 Å². The van der Waals surface area contributed by atoms with E-state index in [0.717, 1.165) is 24.3 Å². The maximum Gasteiger partial charge on any atom is 0.337 e. The summed E-state index contributed by atoms with van der Waals surface area (Å²) in [5.41, 5.74) is 2.24. The van der Waals surface area contributed by atoms with Crippen molar-refractivity contribution in [2.75, 3.05) is 38.2 Å². The number of esters is 2. The van der Waals surface area contributed by atoms with Crippen LogP contribution < -0.4 is 9.64 Å². The van der Waals surface area contributed by atoms with E-state index in [1.54, 1.807) is 49.4 Å². The SMILES string of the molecule is COC(=O)c1ccc(/C=C/C(=O)Oc2ccc(N3CCN(C(C)=O)CC3)cc2)cc1. The number of ether oxygens (including phenoxy) is 2. The second kappa shape index (κ2) is 9.73. The molecule has 0 bridgehead atoms. The van der Waals surface area contributed by atoms with Crippen LogP contribution in [0.2, 0.25) is 0 Å². The van der Waals surface area contributed by atoms with Gasteiger partial charge in [-0.15, -0.1) is 0 Å². The summed E-state index contributed by atoms with van der Waals surface area (Å²) in [6, 6.07) is 14.0. The highest BCUT2D eigenvalue weighted by Crippen LogP contribution is 2.21. The van der Waals surface area contributed by atoms with Gasteiger partial charge in [0.2, 0.25) is 5.91 Å². The number of nitrogens with zero attached hydrogens (tertiary/aromatic N) is 2. The molecule has 1 heterocycles. The van der Waals surface area contributed by atoms with E-state index in [1.807, 2.05) is 17.0 Å². The molecular formula is C23H24N2O5. The Hall–Kier alpha value is -3.61. The number of hydrogen-bond acceptors (Lipinski definition) is 6. The lowest BCUT2D eigenvalue weighted by atomic mass is 10.1. The molecule has 0 saturated carbocycles. The third-order valence-corrected chi connectivity index (χ3v) is 4.89. The van der Waals surface area contributed by atoms with Crippen LogP contribution >= 0.6 is 0 Å². The average Bonchev–Trinajstić information content (AvgIpc) is 2.78. The Morgan fingerprint density at radius 3 is 2.10 bits per heavy atom. The zero-order chi connectivity index (χ0) is 21.5. The number of carbonyl (C=O) groups excluding carboxylic acids is 3. The van der Waals surface area contributed by atoms with Crippen molar-refractivity contribution in [3.63, 3.8) is 0 Å². The first-order valence-electron chi connectivity index (χ1n) is 9.65. The average molecular weight is 408 g/mol. The van der Waals surface area contributed by atoms with Gasteiger partial charge in [0.1, 0.15) is 5.75 Å². The van der Waals surface area contributed by atoms with E-state index in [0.29, 0.717) is 24.4 Å². The van der Waals surface area contributed by atoms with E-state index in [4.69, 9.17) is 4.74 Å².